The molecule has 0 spiro atoms. The van der Waals surface area contributed by atoms with Crippen LogP contribution in [0.4, 0.5) is 10.1 Å². The summed E-state index contributed by atoms with van der Waals surface area (Å²) in [6, 6.07) is 12.7. The zero-order valence-corrected chi connectivity index (χ0v) is 12.6. The summed E-state index contributed by atoms with van der Waals surface area (Å²) < 4.78 is 38.4. The van der Waals surface area contributed by atoms with Gasteiger partial charge in [0.15, 0.2) is 0 Å². The lowest BCUT2D eigenvalue weighted by atomic mass is 10.1. The van der Waals surface area contributed by atoms with Gasteiger partial charge >= 0.3 is 0 Å². The van der Waals surface area contributed by atoms with Gasteiger partial charge in [0.2, 0.25) is 10.0 Å². The average molecular weight is 308 g/mol. The maximum Gasteiger partial charge on any atom is 0.240 e. The van der Waals surface area contributed by atoms with Crippen LogP contribution in [0.5, 0.6) is 0 Å². The summed E-state index contributed by atoms with van der Waals surface area (Å²) in [4.78, 5) is 0.225. The summed E-state index contributed by atoms with van der Waals surface area (Å²) in [7, 11) is -2.04. The third kappa shape index (κ3) is 3.80. The van der Waals surface area contributed by atoms with Crippen molar-refractivity contribution >= 4 is 15.7 Å². The predicted molar refractivity (Wildman–Crippen MR) is 81.1 cm³/mol. The first-order valence-corrected chi connectivity index (χ1v) is 7.96. The highest BCUT2D eigenvalue weighted by Gasteiger charge is 2.12. The van der Waals surface area contributed by atoms with Crippen molar-refractivity contribution in [3.63, 3.8) is 0 Å². The molecule has 0 saturated carbocycles. The Bertz CT molecular complexity index is 697. The van der Waals surface area contributed by atoms with Gasteiger partial charge in [0.25, 0.3) is 0 Å². The molecule has 0 aliphatic heterocycles. The predicted octanol–water partition coefficient (Wildman–Crippen LogP) is 2.91. The van der Waals surface area contributed by atoms with Crippen LogP contribution in [0.15, 0.2) is 53.4 Å². The largest absolute Gasteiger partial charge is 0.379 e. The smallest absolute Gasteiger partial charge is 0.240 e. The van der Waals surface area contributed by atoms with Gasteiger partial charge in [0, 0.05) is 11.7 Å². The van der Waals surface area contributed by atoms with Crippen molar-refractivity contribution < 1.29 is 12.8 Å². The van der Waals surface area contributed by atoms with Crippen LogP contribution in [-0.4, -0.2) is 15.5 Å². The molecular formula is C15H17FN2O2S. The highest BCUT2D eigenvalue weighted by molar-refractivity contribution is 7.89. The molecule has 112 valence electrons. The molecule has 1 atom stereocenters. The number of rotatable bonds is 5. The van der Waals surface area contributed by atoms with Crippen LogP contribution in [0.2, 0.25) is 0 Å². The Hall–Kier alpha value is -1.92. The van der Waals surface area contributed by atoms with E-state index >= 15 is 0 Å². The first kappa shape index (κ1) is 15.5. The van der Waals surface area contributed by atoms with E-state index in [4.69, 9.17) is 0 Å². The van der Waals surface area contributed by atoms with E-state index in [1.54, 1.807) is 36.4 Å². The second kappa shape index (κ2) is 6.24. The van der Waals surface area contributed by atoms with Crippen molar-refractivity contribution in [3.05, 3.63) is 59.9 Å². The molecule has 0 aromatic heterocycles. The molecule has 21 heavy (non-hydrogen) atoms. The Morgan fingerprint density at radius 1 is 1.00 bits per heavy atom. The van der Waals surface area contributed by atoms with Crippen LogP contribution in [-0.2, 0) is 10.0 Å². The first-order valence-electron chi connectivity index (χ1n) is 6.48. The van der Waals surface area contributed by atoms with Gasteiger partial charge in [-0.25, -0.2) is 17.5 Å². The quantitative estimate of drug-likeness (QED) is 0.893. The molecule has 0 heterocycles. The first-order chi connectivity index (χ1) is 9.92. The molecule has 0 amide bonds. The second-order valence-electron chi connectivity index (χ2n) is 4.65. The summed E-state index contributed by atoms with van der Waals surface area (Å²) >= 11 is 0. The lowest BCUT2D eigenvalue weighted by Crippen LogP contribution is -2.18. The van der Waals surface area contributed by atoms with Gasteiger partial charge in [-0.1, -0.05) is 12.1 Å². The van der Waals surface area contributed by atoms with E-state index in [1.165, 1.54) is 19.2 Å². The number of anilines is 1. The highest BCUT2D eigenvalue weighted by Crippen LogP contribution is 2.21. The zero-order valence-electron chi connectivity index (χ0n) is 11.8. The van der Waals surface area contributed by atoms with Gasteiger partial charge in [-0.3, -0.25) is 0 Å². The van der Waals surface area contributed by atoms with Crippen LogP contribution in [0.25, 0.3) is 0 Å². The molecule has 0 bridgehead atoms. The van der Waals surface area contributed by atoms with Crippen molar-refractivity contribution in [2.45, 2.75) is 17.9 Å². The summed E-state index contributed by atoms with van der Waals surface area (Å²) in [6.45, 7) is 1.95. The Balaban J connectivity index is 2.13. The number of sulfonamides is 1. The number of hydrogen-bond acceptors (Lipinski definition) is 3. The van der Waals surface area contributed by atoms with E-state index in [1.807, 2.05) is 6.92 Å². The number of nitrogens with one attached hydrogen (secondary N) is 2. The fourth-order valence-electron chi connectivity index (χ4n) is 1.93. The fraction of sp³-hybridized carbons (Fsp3) is 0.200. The molecule has 2 aromatic carbocycles. The second-order valence-corrected chi connectivity index (χ2v) is 6.54. The maximum absolute atomic E-state index is 12.8. The van der Waals surface area contributed by atoms with Gasteiger partial charge in [0.1, 0.15) is 5.82 Å². The van der Waals surface area contributed by atoms with Crippen molar-refractivity contribution in [1.82, 2.24) is 4.72 Å². The molecule has 0 aliphatic rings. The lowest BCUT2D eigenvalue weighted by Gasteiger charge is -2.16. The van der Waals surface area contributed by atoms with Crippen LogP contribution in [0.3, 0.4) is 0 Å². The van der Waals surface area contributed by atoms with Gasteiger partial charge < -0.3 is 5.32 Å². The summed E-state index contributed by atoms with van der Waals surface area (Å²) in [6.07, 6.45) is 0. The monoisotopic (exact) mass is 308 g/mol. The molecule has 0 fully saturated rings. The van der Waals surface area contributed by atoms with Crippen molar-refractivity contribution in [2.24, 2.45) is 0 Å². The van der Waals surface area contributed by atoms with E-state index in [2.05, 4.69) is 10.0 Å². The van der Waals surface area contributed by atoms with Gasteiger partial charge in [-0.15, -0.1) is 0 Å². The van der Waals surface area contributed by atoms with E-state index in [9.17, 15) is 12.8 Å². The van der Waals surface area contributed by atoms with Crippen LogP contribution in [0, 0.1) is 5.82 Å². The number of halogens is 1. The standard InChI is InChI=1S/C15H17FN2O2S/c1-11(18-14-7-5-13(16)6-8-14)12-3-9-15(10-4-12)21(19,20)17-2/h3-11,17-18H,1-2H3. The number of benzene rings is 2. The van der Waals surface area contributed by atoms with E-state index in [0.29, 0.717) is 0 Å². The maximum atomic E-state index is 12.8. The van der Waals surface area contributed by atoms with Crippen molar-refractivity contribution in [1.29, 1.82) is 0 Å². The van der Waals surface area contributed by atoms with E-state index < -0.39 is 10.0 Å². The Kier molecular flexibility index (Phi) is 4.59. The van der Waals surface area contributed by atoms with Crippen LogP contribution >= 0.6 is 0 Å². The highest BCUT2D eigenvalue weighted by atomic mass is 32.2. The topological polar surface area (TPSA) is 58.2 Å². The van der Waals surface area contributed by atoms with E-state index in [0.717, 1.165) is 11.3 Å². The molecule has 0 radical (unpaired) electrons. The third-order valence-electron chi connectivity index (χ3n) is 3.19. The summed E-state index contributed by atoms with van der Waals surface area (Å²) in [5.74, 6) is -0.283. The molecule has 6 heteroatoms. The molecule has 2 rings (SSSR count). The van der Waals surface area contributed by atoms with Crippen molar-refractivity contribution in [2.75, 3.05) is 12.4 Å². The Labute approximate surface area is 124 Å². The van der Waals surface area contributed by atoms with Gasteiger partial charge in [0.05, 0.1) is 4.90 Å². The summed E-state index contributed by atoms with van der Waals surface area (Å²) in [5, 5.41) is 3.23. The SMILES string of the molecule is CNS(=O)(=O)c1ccc(C(C)Nc2ccc(F)cc2)cc1. The minimum absolute atomic E-state index is 0.0261. The molecule has 2 N–H and O–H groups in total. The van der Waals surface area contributed by atoms with E-state index in [-0.39, 0.29) is 16.8 Å². The average Bonchev–Trinajstić information content (AvgIpc) is 2.49. The third-order valence-corrected chi connectivity index (χ3v) is 4.62. The Morgan fingerprint density at radius 2 is 1.57 bits per heavy atom. The van der Waals surface area contributed by atoms with Gasteiger partial charge in [-0.05, 0) is 55.9 Å². The van der Waals surface area contributed by atoms with Crippen molar-refractivity contribution in [3.8, 4) is 0 Å². The molecule has 2 aromatic rings. The lowest BCUT2D eigenvalue weighted by molar-refractivity contribution is 0.588. The molecular weight excluding hydrogens is 291 g/mol. The molecule has 0 aliphatic carbocycles. The molecule has 0 saturated heterocycles. The fourth-order valence-corrected chi connectivity index (χ4v) is 2.66. The van der Waals surface area contributed by atoms with Crippen LogP contribution in [0.1, 0.15) is 18.5 Å². The molecule has 1 unspecified atom stereocenters. The minimum Gasteiger partial charge on any atom is -0.379 e. The minimum atomic E-state index is -3.42. The number of hydrogen-bond donors (Lipinski definition) is 2. The normalized spacial score (nSPS) is 12.9. The van der Waals surface area contributed by atoms with Crippen LogP contribution < -0.4 is 10.0 Å². The summed E-state index contributed by atoms with van der Waals surface area (Å²) in [5.41, 5.74) is 1.74. The molecule has 4 nitrogen and oxygen atoms in total. The Morgan fingerprint density at radius 3 is 2.10 bits per heavy atom. The van der Waals surface area contributed by atoms with Gasteiger partial charge in [-0.2, -0.15) is 0 Å². The zero-order chi connectivity index (χ0) is 15.5.